The Balaban J connectivity index is 2.45. The number of carbonyl (C=O) groups excluding carboxylic acids is 2. The van der Waals surface area contributed by atoms with Crippen LogP contribution in [0.2, 0.25) is 0 Å². The highest BCUT2D eigenvalue weighted by molar-refractivity contribution is 6.15. The van der Waals surface area contributed by atoms with Crippen LogP contribution < -0.4 is 0 Å². The lowest BCUT2D eigenvalue weighted by molar-refractivity contribution is 0.0801. The predicted octanol–water partition coefficient (Wildman–Crippen LogP) is 2.22. The van der Waals surface area contributed by atoms with Gasteiger partial charge in [-0.1, -0.05) is 24.3 Å². The van der Waals surface area contributed by atoms with E-state index in [0.717, 1.165) is 5.56 Å². The van der Waals surface area contributed by atoms with E-state index in [1.165, 1.54) is 18.1 Å². The van der Waals surface area contributed by atoms with Crippen LogP contribution in [0.5, 0.6) is 0 Å². The Labute approximate surface area is 128 Å². The minimum absolute atomic E-state index is 0.0621. The third-order valence-electron chi connectivity index (χ3n) is 3.30. The van der Waals surface area contributed by atoms with Crippen molar-refractivity contribution in [2.24, 2.45) is 0 Å². The van der Waals surface area contributed by atoms with Gasteiger partial charge < -0.3 is 4.90 Å². The van der Waals surface area contributed by atoms with Gasteiger partial charge in [-0.05, 0) is 24.6 Å². The minimum Gasteiger partial charge on any atom is -0.327 e. The number of ketones is 1. The number of pyridine rings is 1. The van der Waals surface area contributed by atoms with Gasteiger partial charge in [0.2, 0.25) is 0 Å². The summed E-state index contributed by atoms with van der Waals surface area (Å²) in [6, 6.07) is 12.3. The predicted molar refractivity (Wildman–Crippen MR) is 81.4 cm³/mol. The van der Waals surface area contributed by atoms with E-state index in [0.29, 0.717) is 5.56 Å². The molecule has 0 bridgehead atoms. The third kappa shape index (κ3) is 3.01. The molecule has 0 saturated heterocycles. The highest BCUT2D eigenvalue weighted by Crippen LogP contribution is 2.17. The van der Waals surface area contributed by atoms with Crippen molar-refractivity contribution >= 4 is 11.7 Å². The maximum absolute atomic E-state index is 12.7. The van der Waals surface area contributed by atoms with Crippen molar-refractivity contribution in [2.45, 2.75) is 6.92 Å². The van der Waals surface area contributed by atoms with Gasteiger partial charge >= 0.3 is 0 Å². The van der Waals surface area contributed by atoms with Crippen LogP contribution in [0.3, 0.4) is 0 Å². The molecule has 0 aliphatic rings. The first kappa shape index (κ1) is 15.4. The summed E-state index contributed by atoms with van der Waals surface area (Å²) in [5, 5.41) is 8.69. The fourth-order valence-corrected chi connectivity index (χ4v) is 2.09. The molecule has 5 heteroatoms. The molecule has 1 aromatic heterocycles. The zero-order valence-electron chi connectivity index (χ0n) is 12.4. The number of carbonyl (C=O) groups is 2. The number of rotatable bonds is 4. The van der Waals surface area contributed by atoms with E-state index < -0.39 is 5.91 Å². The Hall–Kier alpha value is -3.00. The molecule has 5 nitrogen and oxygen atoms in total. The molecule has 0 aliphatic carbocycles. The van der Waals surface area contributed by atoms with E-state index in [4.69, 9.17) is 5.26 Å². The minimum atomic E-state index is -0.445. The van der Waals surface area contributed by atoms with Crippen LogP contribution in [0.1, 0.15) is 32.0 Å². The highest BCUT2D eigenvalue weighted by atomic mass is 16.2. The van der Waals surface area contributed by atoms with Crippen LogP contribution in [-0.2, 0) is 0 Å². The molecule has 22 heavy (non-hydrogen) atoms. The van der Waals surface area contributed by atoms with Crippen molar-refractivity contribution < 1.29 is 9.59 Å². The number of aromatic nitrogens is 1. The molecule has 0 aliphatic heterocycles. The summed E-state index contributed by atoms with van der Waals surface area (Å²) in [5.74, 6) is -0.695. The quantitative estimate of drug-likeness (QED) is 0.640. The van der Waals surface area contributed by atoms with E-state index in [1.54, 1.807) is 24.3 Å². The molecule has 1 aromatic carbocycles. The Morgan fingerprint density at radius 1 is 1.18 bits per heavy atom. The highest BCUT2D eigenvalue weighted by Gasteiger charge is 2.22. The summed E-state index contributed by atoms with van der Waals surface area (Å²) >= 11 is 0. The lowest BCUT2D eigenvalue weighted by atomic mass is 9.98. The Bertz CT molecular complexity index is 762. The number of nitrogens with zero attached hydrogens (tertiary/aromatic N) is 3. The van der Waals surface area contributed by atoms with Crippen molar-refractivity contribution in [1.29, 1.82) is 5.26 Å². The monoisotopic (exact) mass is 293 g/mol. The van der Waals surface area contributed by atoms with E-state index in [-0.39, 0.29) is 23.6 Å². The van der Waals surface area contributed by atoms with Gasteiger partial charge in [0, 0.05) is 18.8 Å². The van der Waals surface area contributed by atoms with Gasteiger partial charge in [0.15, 0.2) is 5.78 Å². The van der Waals surface area contributed by atoms with Crippen LogP contribution in [0.15, 0.2) is 42.6 Å². The van der Waals surface area contributed by atoms with Crippen LogP contribution in [0.4, 0.5) is 0 Å². The molecule has 110 valence electrons. The molecule has 1 heterocycles. The first-order valence-corrected chi connectivity index (χ1v) is 6.74. The number of nitriles is 1. The molecule has 0 spiro atoms. The molecule has 1 amide bonds. The van der Waals surface area contributed by atoms with Gasteiger partial charge in [-0.15, -0.1) is 0 Å². The van der Waals surface area contributed by atoms with Crippen molar-refractivity contribution in [3.05, 3.63) is 65.0 Å². The van der Waals surface area contributed by atoms with Crippen molar-refractivity contribution in [3.63, 3.8) is 0 Å². The standard InChI is InChI=1S/C17H15N3O2/c1-12-6-3-4-7-13(12)16(21)14-8-5-10-19-15(14)17(22)20(2)11-9-18/h3-8,10H,11H2,1-2H3. The Kier molecular flexibility index (Phi) is 4.64. The van der Waals surface area contributed by atoms with Gasteiger partial charge in [-0.25, -0.2) is 0 Å². The van der Waals surface area contributed by atoms with Crippen LogP contribution in [0, 0.1) is 18.3 Å². The summed E-state index contributed by atoms with van der Waals surface area (Å²) in [6.45, 7) is 1.78. The molecule has 0 unspecified atom stereocenters. The first-order valence-electron chi connectivity index (χ1n) is 6.74. The van der Waals surface area contributed by atoms with E-state index in [1.807, 2.05) is 25.1 Å². The smallest absolute Gasteiger partial charge is 0.273 e. The fraction of sp³-hybridized carbons (Fsp3) is 0.176. The number of hydrogen-bond acceptors (Lipinski definition) is 4. The van der Waals surface area contributed by atoms with E-state index in [9.17, 15) is 9.59 Å². The molecule has 0 N–H and O–H groups in total. The second-order valence-corrected chi connectivity index (χ2v) is 4.86. The molecule has 0 saturated carbocycles. The van der Waals surface area contributed by atoms with E-state index in [2.05, 4.69) is 4.98 Å². The zero-order chi connectivity index (χ0) is 16.1. The topological polar surface area (TPSA) is 74.1 Å². The van der Waals surface area contributed by atoms with Crippen LogP contribution >= 0.6 is 0 Å². The number of hydrogen-bond donors (Lipinski definition) is 0. The normalized spacial score (nSPS) is 9.86. The summed E-state index contributed by atoms with van der Waals surface area (Å²) < 4.78 is 0. The maximum atomic E-state index is 12.7. The molecular formula is C17H15N3O2. The molecule has 2 aromatic rings. The Morgan fingerprint density at radius 3 is 2.55 bits per heavy atom. The van der Waals surface area contributed by atoms with Crippen molar-refractivity contribution in [2.75, 3.05) is 13.6 Å². The number of aryl methyl sites for hydroxylation is 1. The van der Waals surface area contributed by atoms with Gasteiger partial charge in [0.25, 0.3) is 5.91 Å². The third-order valence-corrected chi connectivity index (χ3v) is 3.30. The second kappa shape index (κ2) is 6.64. The molecule has 0 radical (unpaired) electrons. The van der Waals surface area contributed by atoms with Crippen molar-refractivity contribution in [1.82, 2.24) is 9.88 Å². The second-order valence-electron chi connectivity index (χ2n) is 4.86. The lowest BCUT2D eigenvalue weighted by Crippen LogP contribution is -2.29. The van der Waals surface area contributed by atoms with Gasteiger partial charge in [-0.3, -0.25) is 14.6 Å². The molecule has 2 rings (SSSR count). The first-order chi connectivity index (χ1) is 10.6. The Morgan fingerprint density at radius 2 is 1.86 bits per heavy atom. The maximum Gasteiger partial charge on any atom is 0.273 e. The average molecular weight is 293 g/mol. The summed E-state index contributed by atoms with van der Waals surface area (Å²) in [6.07, 6.45) is 1.46. The van der Waals surface area contributed by atoms with Gasteiger partial charge in [-0.2, -0.15) is 5.26 Å². The number of amides is 1. The van der Waals surface area contributed by atoms with Gasteiger partial charge in [0.05, 0.1) is 11.6 Å². The molecule has 0 atom stereocenters. The zero-order valence-corrected chi connectivity index (χ0v) is 12.4. The molecular weight excluding hydrogens is 278 g/mol. The van der Waals surface area contributed by atoms with Crippen molar-refractivity contribution in [3.8, 4) is 6.07 Å². The lowest BCUT2D eigenvalue weighted by Gasteiger charge is -2.15. The summed E-state index contributed by atoms with van der Waals surface area (Å²) in [5.41, 5.74) is 1.67. The molecule has 0 fully saturated rings. The summed E-state index contributed by atoms with van der Waals surface area (Å²) in [4.78, 5) is 30.3. The van der Waals surface area contributed by atoms with E-state index >= 15 is 0 Å². The number of benzene rings is 1. The van der Waals surface area contributed by atoms with Crippen LogP contribution in [0.25, 0.3) is 0 Å². The fourth-order valence-electron chi connectivity index (χ4n) is 2.09. The largest absolute Gasteiger partial charge is 0.327 e. The van der Waals surface area contributed by atoms with Crippen LogP contribution in [-0.4, -0.2) is 35.2 Å². The SMILES string of the molecule is Cc1ccccc1C(=O)c1cccnc1C(=O)N(C)CC#N. The summed E-state index contributed by atoms with van der Waals surface area (Å²) in [7, 11) is 1.50. The van der Waals surface area contributed by atoms with Gasteiger partial charge in [0.1, 0.15) is 12.2 Å². The average Bonchev–Trinajstić information content (AvgIpc) is 2.54.